The molecule has 0 bridgehead atoms. The lowest BCUT2D eigenvalue weighted by Gasteiger charge is -2.33. The van der Waals surface area contributed by atoms with Crippen LogP contribution in [0.2, 0.25) is 0 Å². The summed E-state index contributed by atoms with van der Waals surface area (Å²) in [5.41, 5.74) is 1.36. The highest BCUT2D eigenvalue weighted by Crippen LogP contribution is 2.24. The molecule has 0 spiro atoms. The molecule has 2 fully saturated rings. The Morgan fingerprint density at radius 2 is 1.85 bits per heavy atom. The number of imide groups is 2. The Hall–Kier alpha value is -2.74. The Bertz CT molecular complexity index is 761. The van der Waals surface area contributed by atoms with E-state index in [0.717, 1.165) is 21.8 Å². The first-order valence-corrected chi connectivity index (χ1v) is 9.08. The summed E-state index contributed by atoms with van der Waals surface area (Å²) in [6, 6.07) is 6.17. The van der Waals surface area contributed by atoms with E-state index in [1.54, 1.807) is 31.2 Å². The van der Waals surface area contributed by atoms with Crippen LogP contribution in [0.1, 0.15) is 25.3 Å². The molecule has 3 rings (SSSR count). The average Bonchev–Trinajstić information content (AvgIpc) is 2.87. The topological polar surface area (TPSA) is 87.2 Å². The van der Waals surface area contributed by atoms with Gasteiger partial charge >= 0.3 is 23.8 Å². The van der Waals surface area contributed by atoms with Gasteiger partial charge in [-0.15, -0.1) is 0 Å². The number of hydrogen-bond donors (Lipinski definition) is 0. The van der Waals surface area contributed by atoms with Gasteiger partial charge in [0.25, 0.3) is 0 Å². The van der Waals surface area contributed by atoms with Gasteiger partial charge in [0.05, 0.1) is 24.9 Å². The molecule has 1 atom stereocenters. The predicted molar refractivity (Wildman–Crippen MR) is 96.7 cm³/mol. The lowest BCUT2D eigenvalue weighted by Crippen LogP contribution is -2.47. The SMILES string of the molecule is CCOC(=O)[C@@H]1CCCN(CN2C(=O)C(=O)N(c3ccc(C)cc3)C2=O)C1. The maximum Gasteiger partial charge on any atom is 0.340 e. The Morgan fingerprint density at radius 3 is 2.52 bits per heavy atom. The van der Waals surface area contributed by atoms with Crippen molar-refractivity contribution in [1.29, 1.82) is 0 Å². The van der Waals surface area contributed by atoms with Gasteiger partial charge in [-0.3, -0.25) is 19.3 Å². The molecule has 1 aromatic rings. The monoisotopic (exact) mass is 373 g/mol. The van der Waals surface area contributed by atoms with Crippen molar-refractivity contribution < 1.29 is 23.9 Å². The molecule has 2 heterocycles. The van der Waals surface area contributed by atoms with E-state index in [9.17, 15) is 19.2 Å². The van der Waals surface area contributed by atoms with E-state index >= 15 is 0 Å². The van der Waals surface area contributed by atoms with Crippen molar-refractivity contribution in [1.82, 2.24) is 9.80 Å². The van der Waals surface area contributed by atoms with E-state index < -0.39 is 17.8 Å². The van der Waals surface area contributed by atoms with Gasteiger partial charge in [-0.25, -0.2) is 14.6 Å². The first-order valence-electron chi connectivity index (χ1n) is 9.08. The zero-order valence-corrected chi connectivity index (χ0v) is 15.5. The molecule has 4 amide bonds. The fourth-order valence-corrected chi connectivity index (χ4v) is 3.39. The number of aryl methyl sites for hydroxylation is 1. The molecule has 2 aliphatic rings. The number of hydrogen-bond acceptors (Lipinski definition) is 6. The number of esters is 1. The minimum absolute atomic E-state index is 0.0122. The largest absolute Gasteiger partial charge is 0.466 e. The highest BCUT2D eigenvalue weighted by atomic mass is 16.5. The number of ether oxygens (including phenoxy) is 1. The smallest absolute Gasteiger partial charge is 0.340 e. The molecule has 0 aliphatic carbocycles. The molecule has 0 radical (unpaired) electrons. The van der Waals surface area contributed by atoms with E-state index in [1.807, 2.05) is 11.8 Å². The molecule has 0 saturated carbocycles. The number of carbonyl (C=O) groups is 4. The lowest BCUT2D eigenvalue weighted by molar-refractivity contribution is -0.150. The summed E-state index contributed by atoms with van der Waals surface area (Å²) in [4.78, 5) is 53.0. The van der Waals surface area contributed by atoms with Crippen LogP contribution in [0.5, 0.6) is 0 Å². The van der Waals surface area contributed by atoms with E-state index in [0.29, 0.717) is 31.8 Å². The first-order chi connectivity index (χ1) is 12.9. The van der Waals surface area contributed by atoms with Crippen LogP contribution in [-0.4, -0.2) is 60.0 Å². The van der Waals surface area contributed by atoms with Crippen molar-refractivity contribution in [3.63, 3.8) is 0 Å². The number of rotatable bonds is 5. The van der Waals surface area contributed by atoms with Gasteiger partial charge in [0, 0.05) is 6.54 Å². The molecule has 2 saturated heterocycles. The van der Waals surface area contributed by atoms with Crippen molar-refractivity contribution in [2.24, 2.45) is 5.92 Å². The second-order valence-corrected chi connectivity index (χ2v) is 6.80. The molecule has 8 nitrogen and oxygen atoms in total. The van der Waals surface area contributed by atoms with Gasteiger partial charge in [0.2, 0.25) is 0 Å². The minimum Gasteiger partial charge on any atom is -0.466 e. The minimum atomic E-state index is -0.859. The van der Waals surface area contributed by atoms with Crippen molar-refractivity contribution in [2.45, 2.75) is 26.7 Å². The second kappa shape index (κ2) is 7.87. The molecule has 8 heteroatoms. The van der Waals surface area contributed by atoms with Gasteiger partial charge in [0.15, 0.2) is 0 Å². The quantitative estimate of drug-likeness (QED) is 0.442. The molecular formula is C19H23N3O5. The molecular weight excluding hydrogens is 350 g/mol. The first kappa shape index (κ1) is 19.0. The highest BCUT2D eigenvalue weighted by molar-refractivity contribution is 6.52. The molecule has 0 N–H and O–H groups in total. The van der Waals surface area contributed by atoms with Gasteiger partial charge in [-0.2, -0.15) is 0 Å². The van der Waals surface area contributed by atoms with Crippen molar-refractivity contribution >= 4 is 29.5 Å². The van der Waals surface area contributed by atoms with Crippen LogP contribution in [0.25, 0.3) is 0 Å². The molecule has 0 aromatic heterocycles. The number of urea groups is 1. The van der Waals surface area contributed by atoms with E-state index in [2.05, 4.69) is 0 Å². The third-order valence-electron chi connectivity index (χ3n) is 4.81. The van der Waals surface area contributed by atoms with Crippen LogP contribution in [0.4, 0.5) is 10.5 Å². The number of carbonyl (C=O) groups excluding carboxylic acids is 4. The summed E-state index contributed by atoms with van der Waals surface area (Å²) < 4.78 is 5.07. The van der Waals surface area contributed by atoms with Crippen molar-refractivity contribution in [3.8, 4) is 0 Å². The van der Waals surface area contributed by atoms with Gasteiger partial charge in [-0.1, -0.05) is 17.7 Å². The fourth-order valence-electron chi connectivity index (χ4n) is 3.39. The van der Waals surface area contributed by atoms with Gasteiger partial charge < -0.3 is 4.74 Å². The number of anilines is 1. The Labute approximate surface area is 157 Å². The summed E-state index contributed by atoms with van der Waals surface area (Å²) in [7, 11) is 0. The average molecular weight is 373 g/mol. The second-order valence-electron chi connectivity index (χ2n) is 6.80. The summed E-state index contributed by atoms with van der Waals surface area (Å²) in [5.74, 6) is -2.25. The van der Waals surface area contributed by atoms with Crippen molar-refractivity contribution in [2.75, 3.05) is 31.3 Å². The molecule has 1 aromatic carbocycles. The maximum atomic E-state index is 12.7. The Morgan fingerprint density at radius 1 is 1.15 bits per heavy atom. The third kappa shape index (κ3) is 3.85. The lowest BCUT2D eigenvalue weighted by atomic mass is 9.98. The zero-order chi connectivity index (χ0) is 19.6. The maximum absolute atomic E-state index is 12.7. The van der Waals surface area contributed by atoms with E-state index in [4.69, 9.17) is 4.74 Å². The fraction of sp³-hybridized carbons (Fsp3) is 0.474. The molecule has 0 unspecified atom stereocenters. The molecule has 27 heavy (non-hydrogen) atoms. The predicted octanol–water partition coefficient (Wildman–Crippen LogP) is 1.52. The van der Waals surface area contributed by atoms with E-state index in [1.165, 1.54) is 0 Å². The van der Waals surface area contributed by atoms with E-state index in [-0.39, 0.29) is 18.6 Å². The van der Waals surface area contributed by atoms with Crippen LogP contribution < -0.4 is 4.90 Å². The highest BCUT2D eigenvalue weighted by Gasteiger charge is 2.46. The Kier molecular flexibility index (Phi) is 5.55. The van der Waals surface area contributed by atoms with Crippen LogP contribution in [-0.2, 0) is 19.1 Å². The summed E-state index contributed by atoms with van der Waals surface area (Å²) >= 11 is 0. The van der Waals surface area contributed by atoms with Gasteiger partial charge in [-0.05, 0) is 45.4 Å². The summed E-state index contributed by atoms with van der Waals surface area (Å²) in [6.07, 6.45) is 1.47. The summed E-state index contributed by atoms with van der Waals surface area (Å²) in [6.45, 7) is 5.00. The molecule has 2 aliphatic heterocycles. The summed E-state index contributed by atoms with van der Waals surface area (Å²) in [5, 5.41) is 0. The number of nitrogens with zero attached hydrogens (tertiary/aromatic N) is 3. The third-order valence-corrected chi connectivity index (χ3v) is 4.81. The number of likely N-dealkylation sites (tertiary alicyclic amines) is 1. The molecule has 144 valence electrons. The number of piperidine rings is 1. The van der Waals surface area contributed by atoms with Crippen LogP contribution in [0.3, 0.4) is 0 Å². The van der Waals surface area contributed by atoms with Gasteiger partial charge in [0.1, 0.15) is 0 Å². The number of benzene rings is 1. The normalized spacial score (nSPS) is 21.1. The standard InChI is InChI=1S/C19H23N3O5/c1-3-27-18(25)14-5-4-10-20(11-14)12-21-16(23)17(24)22(19(21)26)15-8-6-13(2)7-9-15/h6-9,14H,3-5,10-12H2,1-2H3/t14-/m1/s1. The van der Waals surface area contributed by atoms with Crippen LogP contribution >= 0.6 is 0 Å². The van der Waals surface area contributed by atoms with Crippen LogP contribution in [0.15, 0.2) is 24.3 Å². The van der Waals surface area contributed by atoms with Crippen LogP contribution in [0, 0.1) is 12.8 Å². The number of amides is 4. The zero-order valence-electron chi connectivity index (χ0n) is 15.5. The van der Waals surface area contributed by atoms with Crippen molar-refractivity contribution in [3.05, 3.63) is 29.8 Å². The Balaban J connectivity index is 1.70.